The van der Waals surface area contributed by atoms with Gasteiger partial charge in [-0.15, -0.1) is 0 Å². The number of hydrogen-bond acceptors (Lipinski definition) is 2. The minimum atomic E-state index is 0.680. The molecule has 0 aliphatic carbocycles. The normalized spacial score (nSPS) is 11.4. The summed E-state index contributed by atoms with van der Waals surface area (Å²) in [7, 11) is 2.03. The first-order chi connectivity index (χ1) is 6.65. The number of aromatic nitrogens is 3. The van der Waals surface area contributed by atoms with E-state index in [1.807, 2.05) is 14.0 Å². The van der Waals surface area contributed by atoms with Gasteiger partial charge in [-0.3, -0.25) is 4.40 Å². The zero-order valence-electron chi connectivity index (χ0n) is 8.91. The molecule has 2 rings (SSSR count). The molecular formula is C10H16N4. The molecule has 0 unspecified atom stereocenters. The first-order valence-electron chi connectivity index (χ1n) is 4.85. The van der Waals surface area contributed by atoms with E-state index in [9.17, 15) is 0 Å². The number of nitrogens with zero attached hydrogens (tertiary/aromatic N) is 3. The lowest BCUT2D eigenvalue weighted by molar-refractivity contribution is 0.818. The molecule has 0 saturated carbocycles. The maximum absolute atomic E-state index is 5.54. The van der Waals surface area contributed by atoms with E-state index in [0.717, 1.165) is 17.9 Å². The first-order valence-corrected chi connectivity index (χ1v) is 4.85. The van der Waals surface area contributed by atoms with Gasteiger partial charge in [-0.2, -0.15) is 0 Å². The van der Waals surface area contributed by atoms with Crippen LogP contribution in [0.3, 0.4) is 0 Å². The third kappa shape index (κ3) is 1.14. The van der Waals surface area contributed by atoms with Crippen LogP contribution in [-0.4, -0.2) is 20.5 Å². The van der Waals surface area contributed by atoms with E-state index in [1.165, 1.54) is 11.4 Å². The average molecular weight is 192 g/mol. The van der Waals surface area contributed by atoms with E-state index in [0.29, 0.717) is 6.54 Å². The summed E-state index contributed by atoms with van der Waals surface area (Å²) in [5, 5.41) is 0. The summed E-state index contributed by atoms with van der Waals surface area (Å²) in [6.07, 6.45) is 3.02. The quantitative estimate of drug-likeness (QED) is 0.764. The highest BCUT2D eigenvalue weighted by Gasteiger charge is 2.10. The Balaban J connectivity index is 2.64. The Labute approximate surface area is 83.4 Å². The molecule has 4 heteroatoms. The van der Waals surface area contributed by atoms with Crippen LogP contribution in [0.5, 0.6) is 0 Å². The summed E-state index contributed by atoms with van der Waals surface area (Å²) in [5.41, 5.74) is 9.08. The highest BCUT2D eigenvalue weighted by atomic mass is 15.2. The smallest absolute Gasteiger partial charge is 0.214 e. The van der Waals surface area contributed by atoms with Crippen molar-refractivity contribution >= 4 is 5.78 Å². The van der Waals surface area contributed by atoms with E-state index in [2.05, 4.69) is 27.1 Å². The number of fused-ring (bicyclic) bond motifs is 1. The minimum absolute atomic E-state index is 0.680. The Hall–Kier alpha value is -1.29. The molecule has 2 N–H and O–H groups in total. The fourth-order valence-corrected chi connectivity index (χ4v) is 1.74. The Morgan fingerprint density at radius 3 is 2.71 bits per heavy atom. The van der Waals surface area contributed by atoms with Crippen molar-refractivity contribution in [3.63, 3.8) is 0 Å². The van der Waals surface area contributed by atoms with Gasteiger partial charge in [0.15, 0.2) is 0 Å². The largest absolute Gasteiger partial charge is 0.330 e. The van der Waals surface area contributed by atoms with E-state index in [1.54, 1.807) is 0 Å². The Morgan fingerprint density at radius 1 is 1.43 bits per heavy atom. The molecule has 0 saturated heterocycles. The Kier molecular flexibility index (Phi) is 2.07. The Bertz CT molecular complexity index is 464. The van der Waals surface area contributed by atoms with Gasteiger partial charge in [0.1, 0.15) is 0 Å². The van der Waals surface area contributed by atoms with Crippen molar-refractivity contribution in [1.82, 2.24) is 14.0 Å². The fourth-order valence-electron chi connectivity index (χ4n) is 1.74. The van der Waals surface area contributed by atoms with Gasteiger partial charge >= 0.3 is 0 Å². The second-order valence-electron chi connectivity index (χ2n) is 3.67. The van der Waals surface area contributed by atoms with E-state index < -0.39 is 0 Å². The number of hydrogen-bond donors (Lipinski definition) is 1. The molecule has 0 bridgehead atoms. The van der Waals surface area contributed by atoms with Gasteiger partial charge in [0.05, 0.1) is 5.69 Å². The van der Waals surface area contributed by atoms with Gasteiger partial charge in [0.25, 0.3) is 0 Å². The summed E-state index contributed by atoms with van der Waals surface area (Å²) in [6, 6.07) is 0. The van der Waals surface area contributed by atoms with Crippen molar-refractivity contribution in [2.24, 2.45) is 12.8 Å². The number of rotatable bonds is 2. The molecular weight excluding hydrogens is 176 g/mol. The second kappa shape index (κ2) is 3.13. The van der Waals surface area contributed by atoms with Crippen LogP contribution in [0.25, 0.3) is 5.78 Å². The molecule has 0 amide bonds. The maximum atomic E-state index is 5.54. The van der Waals surface area contributed by atoms with Gasteiger partial charge in [0, 0.05) is 31.1 Å². The zero-order valence-corrected chi connectivity index (χ0v) is 8.91. The van der Waals surface area contributed by atoms with Crippen molar-refractivity contribution in [3.05, 3.63) is 23.3 Å². The van der Waals surface area contributed by atoms with Gasteiger partial charge in [-0.05, 0) is 20.4 Å². The van der Waals surface area contributed by atoms with E-state index in [4.69, 9.17) is 5.73 Å². The number of imidazole rings is 2. The summed E-state index contributed by atoms with van der Waals surface area (Å²) < 4.78 is 4.23. The van der Waals surface area contributed by atoms with Crippen molar-refractivity contribution in [2.75, 3.05) is 6.54 Å². The Morgan fingerprint density at radius 2 is 2.14 bits per heavy atom. The second-order valence-corrected chi connectivity index (χ2v) is 3.67. The van der Waals surface area contributed by atoms with Gasteiger partial charge in [-0.25, -0.2) is 4.98 Å². The van der Waals surface area contributed by atoms with Crippen LogP contribution >= 0.6 is 0 Å². The topological polar surface area (TPSA) is 48.2 Å². The minimum Gasteiger partial charge on any atom is -0.330 e. The van der Waals surface area contributed by atoms with Crippen LogP contribution in [0.2, 0.25) is 0 Å². The lowest BCUT2D eigenvalue weighted by atomic mass is 10.3. The summed E-state index contributed by atoms with van der Waals surface area (Å²) in [6.45, 7) is 4.80. The molecule has 0 aliphatic heterocycles. The molecule has 0 spiro atoms. The van der Waals surface area contributed by atoms with E-state index in [-0.39, 0.29) is 0 Å². The molecule has 0 atom stereocenters. The summed E-state index contributed by atoms with van der Waals surface area (Å²) in [4.78, 5) is 4.50. The standard InChI is InChI=1S/C10H16N4/c1-7-8(2)14-6-9(4-5-11)13(3)10(14)12-7/h6H,4-5,11H2,1-3H3. The van der Waals surface area contributed by atoms with Crippen LogP contribution in [0, 0.1) is 13.8 Å². The maximum Gasteiger partial charge on any atom is 0.214 e. The van der Waals surface area contributed by atoms with Gasteiger partial charge in [-0.1, -0.05) is 0 Å². The highest BCUT2D eigenvalue weighted by Crippen LogP contribution is 2.14. The van der Waals surface area contributed by atoms with Gasteiger partial charge < -0.3 is 10.3 Å². The number of nitrogens with two attached hydrogens (primary N) is 1. The summed E-state index contributed by atoms with van der Waals surface area (Å²) in [5.74, 6) is 1.00. The lowest BCUT2D eigenvalue weighted by Crippen LogP contribution is -2.06. The monoisotopic (exact) mass is 192 g/mol. The van der Waals surface area contributed by atoms with Crippen LogP contribution in [0.1, 0.15) is 17.1 Å². The molecule has 0 aliphatic rings. The molecule has 0 fully saturated rings. The third-order valence-corrected chi connectivity index (χ3v) is 2.78. The highest BCUT2D eigenvalue weighted by molar-refractivity contribution is 5.39. The molecule has 0 aromatic carbocycles. The molecule has 76 valence electrons. The van der Waals surface area contributed by atoms with Crippen LogP contribution in [-0.2, 0) is 13.5 Å². The first kappa shape index (κ1) is 9.27. The predicted octanol–water partition coefficient (Wildman–Crippen LogP) is 0.791. The molecule has 2 heterocycles. The van der Waals surface area contributed by atoms with Crippen molar-refractivity contribution < 1.29 is 0 Å². The predicted molar refractivity (Wildman–Crippen MR) is 56.4 cm³/mol. The van der Waals surface area contributed by atoms with E-state index >= 15 is 0 Å². The van der Waals surface area contributed by atoms with Crippen LogP contribution in [0.15, 0.2) is 6.20 Å². The van der Waals surface area contributed by atoms with Gasteiger partial charge in [0.2, 0.25) is 5.78 Å². The molecule has 0 radical (unpaired) electrons. The zero-order chi connectivity index (χ0) is 10.3. The SMILES string of the molecule is Cc1nc2n(C)c(CCN)cn2c1C. The molecule has 2 aromatic heterocycles. The lowest BCUT2D eigenvalue weighted by Gasteiger charge is -1.98. The third-order valence-electron chi connectivity index (χ3n) is 2.78. The molecule has 4 nitrogen and oxygen atoms in total. The molecule has 2 aromatic rings. The van der Waals surface area contributed by atoms with Crippen molar-refractivity contribution in [1.29, 1.82) is 0 Å². The van der Waals surface area contributed by atoms with Crippen molar-refractivity contribution in [3.8, 4) is 0 Å². The average Bonchev–Trinajstić information content (AvgIpc) is 2.59. The van der Waals surface area contributed by atoms with Crippen LogP contribution < -0.4 is 5.73 Å². The summed E-state index contributed by atoms with van der Waals surface area (Å²) >= 11 is 0. The number of aryl methyl sites for hydroxylation is 3. The fraction of sp³-hybridized carbons (Fsp3) is 0.500. The van der Waals surface area contributed by atoms with Crippen molar-refractivity contribution in [2.45, 2.75) is 20.3 Å². The molecule has 14 heavy (non-hydrogen) atoms. The van der Waals surface area contributed by atoms with Crippen LogP contribution in [0.4, 0.5) is 0 Å².